The molecule has 39 heavy (non-hydrogen) atoms. The summed E-state index contributed by atoms with van der Waals surface area (Å²) in [7, 11) is 0. The van der Waals surface area contributed by atoms with Crippen molar-refractivity contribution in [1.29, 1.82) is 0 Å². The molecule has 1 saturated heterocycles. The number of carbonyl (C=O) groups excluding carboxylic acids is 1. The summed E-state index contributed by atoms with van der Waals surface area (Å²) < 4.78 is 84.0. The average Bonchev–Trinajstić information content (AvgIpc) is 3.03. The van der Waals surface area contributed by atoms with Crippen LogP contribution in [0, 0.1) is 0 Å². The maximum Gasteiger partial charge on any atom is 0.434 e. The van der Waals surface area contributed by atoms with Gasteiger partial charge < -0.3 is 25.2 Å². The molecule has 2 atom stereocenters. The number of amides is 1. The average molecular weight is 564 g/mol. The molecule has 2 aliphatic rings. The van der Waals surface area contributed by atoms with E-state index in [0.717, 1.165) is 6.20 Å². The normalized spacial score (nSPS) is 18.5. The highest BCUT2D eigenvalue weighted by atomic mass is 19.4. The number of nitrogens with one attached hydrogen (secondary N) is 3. The molecular weight excluding hydrogens is 538 g/mol. The van der Waals surface area contributed by atoms with Gasteiger partial charge in [-0.25, -0.2) is 15.1 Å². The summed E-state index contributed by atoms with van der Waals surface area (Å²) in [5, 5.41) is 10.6. The highest BCUT2D eigenvalue weighted by Gasteiger charge is 2.38. The Labute approximate surface area is 217 Å². The lowest BCUT2D eigenvalue weighted by Crippen LogP contribution is -2.55. The zero-order valence-electron chi connectivity index (χ0n) is 20.7. The van der Waals surface area contributed by atoms with Crippen LogP contribution in [-0.2, 0) is 21.9 Å². The van der Waals surface area contributed by atoms with Gasteiger partial charge in [0.15, 0.2) is 17.3 Å². The molecule has 1 amide bonds. The molecule has 4 rings (SSSR count). The molecule has 0 bridgehead atoms. The molecular formula is C22H26F6N8O3. The number of alkyl halides is 6. The third-order valence-electron chi connectivity index (χ3n) is 6.29. The van der Waals surface area contributed by atoms with E-state index in [1.54, 1.807) is 16.9 Å². The van der Waals surface area contributed by atoms with Crippen molar-refractivity contribution < 1.29 is 35.9 Å². The van der Waals surface area contributed by atoms with Gasteiger partial charge in [-0.15, -0.1) is 0 Å². The van der Waals surface area contributed by atoms with Gasteiger partial charge in [-0.3, -0.25) is 9.59 Å². The Morgan fingerprint density at radius 1 is 1.21 bits per heavy atom. The number of nitrogens with zero attached hydrogens (tertiary/aromatic N) is 5. The molecule has 2 aromatic heterocycles. The predicted octanol–water partition coefficient (Wildman–Crippen LogP) is 2.34. The first-order valence-electron chi connectivity index (χ1n) is 12.1. The number of aromatic amines is 1. The Balaban J connectivity index is 1.26. The maximum absolute atomic E-state index is 13.2. The van der Waals surface area contributed by atoms with Crippen LogP contribution >= 0.6 is 0 Å². The number of ether oxygens (including phenoxy) is 1. The van der Waals surface area contributed by atoms with Crippen LogP contribution in [-0.4, -0.2) is 82.4 Å². The molecule has 0 saturated carbocycles. The van der Waals surface area contributed by atoms with Crippen LogP contribution in [0.1, 0.15) is 31.0 Å². The highest BCUT2D eigenvalue weighted by molar-refractivity contribution is 5.77. The van der Waals surface area contributed by atoms with Crippen LogP contribution in [0.4, 0.5) is 43.7 Å². The second-order valence-corrected chi connectivity index (χ2v) is 9.18. The van der Waals surface area contributed by atoms with E-state index in [-0.39, 0.29) is 37.4 Å². The van der Waals surface area contributed by atoms with Crippen molar-refractivity contribution >= 4 is 23.2 Å². The largest absolute Gasteiger partial charge is 0.434 e. The van der Waals surface area contributed by atoms with Crippen molar-refractivity contribution in [1.82, 2.24) is 25.1 Å². The van der Waals surface area contributed by atoms with E-state index in [4.69, 9.17) is 4.74 Å². The summed E-state index contributed by atoms with van der Waals surface area (Å²) in [6.07, 6.45) is -7.33. The molecule has 11 nitrogen and oxygen atoms in total. The Bertz CT molecular complexity index is 1240. The van der Waals surface area contributed by atoms with Gasteiger partial charge in [0.25, 0.3) is 5.56 Å². The number of hydrogen-bond acceptors (Lipinski definition) is 9. The summed E-state index contributed by atoms with van der Waals surface area (Å²) in [5.41, 5.74) is -4.31. The fourth-order valence-corrected chi connectivity index (χ4v) is 4.49. The second kappa shape index (κ2) is 11.2. The Morgan fingerprint density at radius 3 is 2.69 bits per heavy atom. The molecule has 1 fully saturated rings. The third-order valence-corrected chi connectivity index (χ3v) is 6.29. The zero-order valence-corrected chi connectivity index (χ0v) is 20.7. The van der Waals surface area contributed by atoms with E-state index in [9.17, 15) is 35.9 Å². The maximum atomic E-state index is 13.2. The lowest BCUT2D eigenvalue weighted by atomic mass is 10.1. The number of H-pyrrole nitrogens is 1. The first-order chi connectivity index (χ1) is 18.3. The molecule has 2 aliphatic heterocycles. The van der Waals surface area contributed by atoms with Gasteiger partial charge in [0, 0.05) is 38.3 Å². The summed E-state index contributed by atoms with van der Waals surface area (Å²) in [6, 6.07) is -0.788. The van der Waals surface area contributed by atoms with Gasteiger partial charge in [0.1, 0.15) is 5.56 Å². The van der Waals surface area contributed by atoms with Crippen molar-refractivity contribution in [3.8, 4) is 0 Å². The molecule has 0 spiro atoms. The van der Waals surface area contributed by atoms with E-state index in [1.807, 2.05) is 4.90 Å². The third kappa shape index (κ3) is 6.69. The molecule has 0 aromatic carbocycles. The van der Waals surface area contributed by atoms with E-state index in [1.165, 1.54) is 0 Å². The van der Waals surface area contributed by atoms with Gasteiger partial charge in [0.05, 0.1) is 37.7 Å². The van der Waals surface area contributed by atoms with Crippen LogP contribution < -0.4 is 21.1 Å². The van der Waals surface area contributed by atoms with Crippen LogP contribution in [0.2, 0.25) is 0 Å². The SMILES string of the molecule is C[C@@H](COCCC(=O)N1CCN2c3ncc(C(F)(F)F)nc3NCC[C@H]2C1)Nc1cn[nH]c(=O)c1C(F)(F)F. The van der Waals surface area contributed by atoms with E-state index < -0.39 is 40.9 Å². The number of piperazine rings is 1. The van der Waals surface area contributed by atoms with Crippen molar-refractivity contribution in [2.24, 2.45) is 0 Å². The number of fused-ring (bicyclic) bond motifs is 3. The lowest BCUT2D eigenvalue weighted by Gasteiger charge is -2.41. The van der Waals surface area contributed by atoms with Gasteiger partial charge >= 0.3 is 12.4 Å². The predicted molar refractivity (Wildman–Crippen MR) is 126 cm³/mol. The van der Waals surface area contributed by atoms with E-state index in [2.05, 4.69) is 25.7 Å². The van der Waals surface area contributed by atoms with Gasteiger partial charge in [-0.1, -0.05) is 0 Å². The van der Waals surface area contributed by atoms with Crippen LogP contribution in [0.5, 0.6) is 0 Å². The summed E-state index contributed by atoms with van der Waals surface area (Å²) in [5.74, 6) is 0.178. The summed E-state index contributed by atoms with van der Waals surface area (Å²) in [6.45, 7) is 2.93. The van der Waals surface area contributed by atoms with Crippen molar-refractivity contribution in [3.05, 3.63) is 34.0 Å². The van der Waals surface area contributed by atoms with Gasteiger partial charge in [-0.2, -0.15) is 31.4 Å². The van der Waals surface area contributed by atoms with Crippen LogP contribution in [0.25, 0.3) is 0 Å². The number of carbonyl (C=O) groups is 1. The molecule has 4 heterocycles. The van der Waals surface area contributed by atoms with Crippen molar-refractivity contribution in [3.63, 3.8) is 0 Å². The number of hydrogen-bond donors (Lipinski definition) is 3. The summed E-state index contributed by atoms with van der Waals surface area (Å²) >= 11 is 0. The molecule has 3 N–H and O–H groups in total. The fourth-order valence-electron chi connectivity index (χ4n) is 4.49. The fraction of sp³-hybridized carbons (Fsp3) is 0.591. The minimum Gasteiger partial charge on any atom is -0.379 e. The topological polar surface area (TPSA) is 128 Å². The minimum absolute atomic E-state index is 0.0194. The van der Waals surface area contributed by atoms with Crippen molar-refractivity contribution in [2.75, 3.05) is 54.9 Å². The number of rotatable bonds is 7. The molecule has 17 heteroatoms. The quantitative estimate of drug-likeness (QED) is 0.343. The number of aromatic nitrogens is 4. The first kappa shape index (κ1) is 28.4. The first-order valence-corrected chi connectivity index (χ1v) is 12.1. The minimum atomic E-state index is -4.87. The van der Waals surface area contributed by atoms with Crippen LogP contribution in [0.15, 0.2) is 17.2 Å². The zero-order chi connectivity index (χ0) is 28.4. The molecule has 0 radical (unpaired) electrons. The van der Waals surface area contributed by atoms with Gasteiger partial charge in [-0.05, 0) is 13.3 Å². The number of halogens is 6. The molecule has 214 valence electrons. The summed E-state index contributed by atoms with van der Waals surface area (Å²) in [4.78, 5) is 35.5. The standard InChI is InChI=1S/C22H26F6N8O3/c1-12(32-14-8-31-34-20(38)17(14)22(26,27)28)11-39-7-3-16(37)35-5-6-36-13(10-35)2-4-29-18-19(36)30-9-15(33-18)21(23,24)25/h8-9,12-13H,2-7,10-11H2,1H3,(H,29,33)(H2,32,34,38)/t12-,13-/m0/s1. The smallest absolute Gasteiger partial charge is 0.379 e. The molecule has 0 aliphatic carbocycles. The van der Waals surface area contributed by atoms with Crippen molar-refractivity contribution in [2.45, 2.75) is 44.2 Å². The Kier molecular flexibility index (Phi) is 8.17. The van der Waals surface area contributed by atoms with E-state index in [0.29, 0.717) is 44.6 Å². The molecule has 2 aromatic rings. The van der Waals surface area contributed by atoms with Gasteiger partial charge in [0.2, 0.25) is 5.91 Å². The highest BCUT2D eigenvalue weighted by Crippen LogP contribution is 2.34. The molecule has 0 unspecified atom stereocenters. The Hall–Kier alpha value is -3.63. The Morgan fingerprint density at radius 2 is 1.97 bits per heavy atom. The lowest BCUT2D eigenvalue weighted by molar-refractivity contribution is -0.141. The number of anilines is 3. The second-order valence-electron chi connectivity index (χ2n) is 9.18. The van der Waals surface area contributed by atoms with Crippen LogP contribution in [0.3, 0.4) is 0 Å². The monoisotopic (exact) mass is 564 g/mol. The van der Waals surface area contributed by atoms with E-state index >= 15 is 0 Å².